The minimum Gasteiger partial charge on any atom is -0.384 e. The van der Waals surface area contributed by atoms with Crippen molar-refractivity contribution in [3.8, 4) is 6.07 Å². The predicted octanol–water partition coefficient (Wildman–Crippen LogP) is 2.15. The molecule has 0 amide bonds. The Morgan fingerprint density at radius 3 is 2.28 bits per heavy atom. The molecular weight excluding hydrogens is 224 g/mol. The summed E-state index contributed by atoms with van der Waals surface area (Å²) in [6.45, 7) is 10.2. The second kappa shape index (κ2) is 5.03. The van der Waals surface area contributed by atoms with Gasteiger partial charge in [0.05, 0.1) is 5.56 Å². The second-order valence-electron chi connectivity index (χ2n) is 6.07. The lowest BCUT2D eigenvalue weighted by Gasteiger charge is -2.30. The van der Waals surface area contributed by atoms with E-state index in [4.69, 9.17) is 11.0 Å². The van der Waals surface area contributed by atoms with Crippen molar-refractivity contribution in [3.63, 3.8) is 0 Å². The summed E-state index contributed by atoms with van der Waals surface area (Å²) in [7, 11) is 4.14. The van der Waals surface area contributed by atoms with Gasteiger partial charge >= 0.3 is 0 Å². The maximum absolute atomic E-state index is 9.13. The van der Waals surface area contributed by atoms with Gasteiger partial charge in [0.2, 0.25) is 0 Å². The van der Waals surface area contributed by atoms with Crippen LogP contribution in [0, 0.1) is 30.6 Å². The molecule has 0 aliphatic rings. The zero-order valence-electron chi connectivity index (χ0n) is 12.3. The first-order chi connectivity index (χ1) is 8.19. The number of hydrogen-bond donors (Lipinski definition) is 1. The number of nitrogens with two attached hydrogens (primary N) is 1. The van der Waals surface area contributed by atoms with E-state index in [0.717, 1.165) is 24.3 Å². The molecule has 1 heterocycles. The van der Waals surface area contributed by atoms with Crippen molar-refractivity contribution in [2.24, 2.45) is 5.41 Å². The molecule has 4 nitrogen and oxygen atoms in total. The van der Waals surface area contributed by atoms with Gasteiger partial charge in [0.25, 0.3) is 0 Å². The van der Waals surface area contributed by atoms with Gasteiger partial charge in [-0.1, -0.05) is 13.8 Å². The van der Waals surface area contributed by atoms with Gasteiger partial charge in [-0.2, -0.15) is 5.26 Å². The fourth-order valence-corrected chi connectivity index (χ4v) is 2.57. The average molecular weight is 248 g/mol. The number of nitrogen functional groups attached to an aromatic ring is 1. The molecule has 0 saturated carbocycles. The Hall–Kier alpha value is -1.47. The molecule has 1 rings (SSSR count). The van der Waals surface area contributed by atoms with E-state index < -0.39 is 0 Å². The van der Waals surface area contributed by atoms with Gasteiger partial charge in [0.1, 0.15) is 11.9 Å². The van der Waals surface area contributed by atoms with Crippen LogP contribution in [0.2, 0.25) is 0 Å². The monoisotopic (exact) mass is 248 g/mol. The van der Waals surface area contributed by atoms with Crippen LogP contribution in [0.25, 0.3) is 0 Å². The van der Waals surface area contributed by atoms with Crippen LogP contribution in [0.3, 0.4) is 0 Å². The summed E-state index contributed by atoms with van der Waals surface area (Å²) >= 11 is 0. The lowest BCUT2D eigenvalue weighted by Crippen LogP contribution is -2.33. The van der Waals surface area contributed by atoms with Crippen LogP contribution in [-0.4, -0.2) is 30.1 Å². The van der Waals surface area contributed by atoms with E-state index in [0.29, 0.717) is 11.4 Å². The highest BCUT2D eigenvalue weighted by Gasteiger charge is 2.24. The average Bonchev–Trinajstić information content (AvgIpc) is 2.40. The van der Waals surface area contributed by atoms with Crippen LogP contribution < -0.4 is 5.73 Å². The topological polar surface area (TPSA) is 58.0 Å². The molecule has 0 fully saturated rings. The maximum Gasteiger partial charge on any atom is 0.122 e. The third-order valence-corrected chi connectivity index (χ3v) is 3.31. The molecule has 0 unspecified atom stereocenters. The lowest BCUT2D eigenvalue weighted by atomic mass is 9.92. The number of rotatable bonds is 4. The van der Waals surface area contributed by atoms with Crippen molar-refractivity contribution in [1.82, 2.24) is 9.47 Å². The van der Waals surface area contributed by atoms with Crippen molar-refractivity contribution < 1.29 is 0 Å². The summed E-state index contributed by atoms with van der Waals surface area (Å²) in [6, 6.07) is 2.20. The van der Waals surface area contributed by atoms with E-state index in [1.54, 1.807) is 0 Å². The summed E-state index contributed by atoms with van der Waals surface area (Å²) in [5.41, 5.74) is 8.90. The van der Waals surface area contributed by atoms with Gasteiger partial charge < -0.3 is 15.2 Å². The molecule has 0 atom stereocenters. The molecule has 0 aliphatic heterocycles. The second-order valence-corrected chi connectivity index (χ2v) is 6.07. The van der Waals surface area contributed by atoms with Crippen molar-refractivity contribution in [3.05, 3.63) is 16.8 Å². The van der Waals surface area contributed by atoms with Crippen LogP contribution >= 0.6 is 0 Å². The minimum absolute atomic E-state index is 0.112. The number of nitriles is 1. The third kappa shape index (κ3) is 2.85. The van der Waals surface area contributed by atoms with Crippen LogP contribution in [0.4, 0.5) is 5.82 Å². The van der Waals surface area contributed by atoms with Gasteiger partial charge in [-0.15, -0.1) is 0 Å². The van der Waals surface area contributed by atoms with Crippen LogP contribution in [-0.2, 0) is 6.54 Å². The fraction of sp³-hybridized carbons (Fsp3) is 0.643. The van der Waals surface area contributed by atoms with Gasteiger partial charge in [-0.25, -0.2) is 0 Å². The van der Waals surface area contributed by atoms with Crippen LogP contribution in [0.5, 0.6) is 0 Å². The van der Waals surface area contributed by atoms with E-state index in [-0.39, 0.29) is 5.41 Å². The highest BCUT2D eigenvalue weighted by Crippen LogP contribution is 2.28. The molecule has 0 aliphatic carbocycles. The van der Waals surface area contributed by atoms with Gasteiger partial charge in [-0.3, -0.25) is 0 Å². The first kappa shape index (κ1) is 14.6. The zero-order chi connectivity index (χ0) is 14.1. The van der Waals surface area contributed by atoms with E-state index in [1.807, 2.05) is 13.8 Å². The van der Waals surface area contributed by atoms with Crippen molar-refractivity contribution in [1.29, 1.82) is 5.26 Å². The van der Waals surface area contributed by atoms with E-state index in [2.05, 4.69) is 43.5 Å². The Labute approximate surface area is 110 Å². The predicted molar refractivity (Wildman–Crippen MR) is 75.4 cm³/mol. The maximum atomic E-state index is 9.13. The van der Waals surface area contributed by atoms with Crippen LogP contribution in [0.15, 0.2) is 0 Å². The van der Waals surface area contributed by atoms with Gasteiger partial charge in [0.15, 0.2) is 0 Å². The lowest BCUT2D eigenvalue weighted by molar-refractivity contribution is 0.211. The summed E-state index contributed by atoms with van der Waals surface area (Å²) < 4.78 is 2.07. The molecule has 1 aromatic heterocycles. The Bertz CT molecular complexity index is 475. The Morgan fingerprint density at radius 2 is 1.89 bits per heavy atom. The molecule has 0 aromatic carbocycles. The molecule has 4 heteroatoms. The van der Waals surface area contributed by atoms with Crippen molar-refractivity contribution >= 4 is 5.82 Å². The van der Waals surface area contributed by atoms with Gasteiger partial charge in [0, 0.05) is 18.8 Å². The first-order valence-corrected chi connectivity index (χ1v) is 6.19. The SMILES string of the molecule is Cc1c(C#N)c(N)n(CC(C)(C)CN(C)C)c1C. The van der Waals surface area contributed by atoms with Gasteiger partial charge in [-0.05, 0) is 38.9 Å². The minimum atomic E-state index is 0.112. The molecule has 0 saturated heterocycles. The Morgan fingerprint density at radius 1 is 1.33 bits per heavy atom. The third-order valence-electron chi connectivity index (χ3n) is 3.31. The molecule has 100 valence electrons. The molecule has 1 aromatic rings. The number of hydrogen-bond acceptors (Lipinski definition) is 3. The molecule has 18 heavy (non-hydrogen) atoms. The Kier molecular flexibility index (Phi) is 4.08. The van der Waals surface area contributed by atoms with E-state index >= 15 is 0 Å². The smallest absolute Gasteiger partial charge is 0.122 e. The van der Waals surface area contributed by atoms with Crippen molar-refractivity contribution in [2.45, 2.75) is 34.2 Å². The first-order valence-electron chi connectivity index (χ1n) is 6.19. The molecule has 0 spiro atoms. The standard InChI is InChI=1S/C14H24N4/c1-10-11(2)18(13(16)12(10)7-15)9-14(3,4)8-17(5)6/h8-9,16H2,1-6H3. The summed E-state index contributed by atoms with van der Waals surface area (Å²) in [4.78, 5) is 2.17. The number of anilines is 1. The molecule has 0 radical (unpaired) electrons. The number of aromatic nitrogens is 1. The molecular formula is C14H24N4. The summed E-state index contributed by atoms with van der Waals surface area (Å²) in [5, 5.41) is 9.13. The largest absolute Gasteiger partial charge is 0.384 e. The number of nitrogens with zero attached hydrogens (tertiary/aromatic N) is 3. The summed E-state index contributed by atoms with van der Waals surface area (Å²) in [5.74, 6) is 0.597. The highest BCUT2D eigenvalue weighted by molar-refractivity contribution is 5.57. The van der Waals surface area contributed by atoms with Crippen molar-refractivity contribution in [2.75, 3.05) is 26.4 Å². The highest BCUT2D eigenvalue weighted by atomic mass is 15.1. The quantitative estimate of drug-likeness (QED) is 0.888. The molecule has 2 N–H and O–H groups in total. The van der Waals surface area contributed by atoms with Crippen LogP contribution in [0.1, 0.15) is 30.7 Å². The molecule has 0 bridgehead atoms. The zero-order valence-corrected chi connectivity index (χ0v) is 12.3. The Balaban J connectivity index is 3.10. The fourth-order valence-electron chi connectivity index (χ4n) is 2.57. The normalized spacial score (nSPS) is 11.9. The van der Waals surface area contributed by atoms with E-state index in [1.165, 1.54) is 0 Å². The summed E-state index contributed by atoms with van der Waals surface area (Å²) in [6.07, 6.45) is 0. The van der Waals surface area contributed by atoms with E-state index in [9.17, 15) is 0 Å².